The number of carbonyl (C=O) groups is 2. The highest BCUT2D eigenvalue weighted by atomic mass is 16.4. The van der Waals surface area contributed by atoms with Gasteiger partial charge in [0.25, 0.3) is 0 Å². The van der Waals surface area contributed by atoms with Gasteiger partial charge < -0.3 is 14.9 Å². The maximum atomic E-state index is 11.8. The van der Waals surface area contributed by atoms with Gasteiger partial charge in [0.1, 0.15) is 0 Å². The molecule has 4 aliphatic rings. The molecule has 17 heavy (non-hydrogen) atoms. The number of carbonyl (C=O) groups excluding carboxylic acids is 1. The molecule has 0 spiro atoms. The second-order valence-electron chi connectivity index (χ2n) is 5.52. The van der Waals surface area contributed by atoms with E-state index in [1.807, 2.05) is 0 Å². The predicted molar refractivity (Wildman–Crippen MR) is 60.5 cm³/mol. The van der Waals surface area contributed by atoms with Gasteiger partial charge in [0.05, 0.1) is 0 Å². The van der Waals surface area contributed by atoms with Crippen LogP contribution in [0.5, 0.6) is 0 Å². The van der Waals surface area contributed by atoms with E-state index in [1.54, 1.807) is 4.90 Å². The number of hydrogen-bond acceptors (Lipinski definition) is 3. The largest absolute Gasteiger partial charge is 0.479 e. The number of carboxylic acids is 1. The van der Waals surface area contributed by atoms with Crippen LogP contribution >= 0.6 is 0 Å². The monoisotopic (exact) mass is 238 g/mol. The van der Waals surface area contributed by atoms with Crippen LogP contribution in [0.1, 0.15) is 25.7 Å². The molecule has 1 saturated carbocycles. The minimum absolute atomic E-state index is 0.135. The third-order valence-electron chi connectivity index (χ3n) is 4.61. The van der Waals surface area contributed by atoms with E-state index in [9.17, 15) is 14.7 Å². The number of rotatable bonds is 4. The first-order valence-corrected chi connectivity index (χ1v) is 6.38. The molecule has 5 nitrogen and oxygen atoms in total. The summed E-state index contributed by atoms with van der Waals surface area (Å²) in [4.78, 5) is 26.9. The maximum Gasteiger partial charge on any atom is 0.331 e. The Morgan fingerprint density at radius 3 is 2.29 bits per heavy atom. The van der Waals surface area contributed by atoms with E-state index in [4.69, 9.17) is 0 Å². The molecule has 1 N–H and O–H groups in total. The molecular weight excluding hydrogens is 220 g/mol. The number of carboxylic acid groups (broad SMARTS) is 1. The molecule has 94 valence electrons. The zero-order valence-corrected chi connectivity index (χ0v) is 9.84. The van der Waals surface area contributed by atoms with Crippen molar-refractivity contribution in [3.63, 3.8) is 0 Å². The summed E-state index contributed by atoms with van der Waals surface area (Å²) < 4.78 is 0. The van der Waals surface area contributed by atoms with Crippen LogP contribution in [0.4, 0.5) is 0 Å². The average Bonchev–Trinajstić information content (AvgIpc) is 3.15. The van der Waals surface area contributed by atoms with E-state index in [0.29, 0.717) is 6.54 Å². The number of amides is 1. The summed E-state index contributed by atoms with van der Waals surface area (Å²) in [6.07, 6.45) is 4.50. The van der Waals surface area contributed by atoms with Crippen molar-refractivity contribution >= 4 is 12.4 Å². The standard InChI is InChI=1S/C12H18N2O3/c15-8-14(10-1-2-10)12(11(16)17)7-13-5-3-9(12)4-6-13/h8-10H,1-7H2,(H,16,17). The van der Waals surface area contributed by atoms with Crippen molar-refractivity contribution in [1.82, 2.24) is 9.80 Å². The van der Waals surface area contributed by atoms with Crippen LogP contribution in [-0.2, 0) is 9.59 Å². The fourth-order valence-corrected chi connectivity index (χ4v) is 3.54. The molecule has 2 bridgehead atoms. The Balaban J connectivity index is 1.97. The second-order valence-corrected chi connectivity index (χ2v) is 5.52. The molecule has 0 radical (unpaired) electrons. The summed E-state index contributed by atoms with van der Waals surface area (Å²) in [5.74, 6) is -0.679. The van der Waals surface area contributed by atoms with Crippen LogP contribution in [0, 0.1) is 5.92 Å². The summed E-state index contributed by atoms with van der Waals surface area (Å²) in [7, 11) is 0. The van der Waals surface area contributed by atoms with Gasteiger partial charge in [-0.05, 0) is 44.7 Å². The van der Waals surface area contributed by atoms with Gasteiger partial charge in [-0.15, -0.1) is 0 Å². The van der Waals surface area contributed by atoms with Crippen molar-refractivity contribution in [2.75, 3.05) is 19.6 Å². The van der Waals surface area contributed by atoms with Gasteiger partial charge in [-0.1, -0.05) is 0 Å². The molecule has 0 aromatic heterocycles. The SMILES string of the molecule is O=CN(C1CC1)C1(C(=O)O)CN2CCC1CC2. The number of aliphatic carboxylic acids is 1. The number of piperidine rings is 3. The summed E-state index contributed by atoms with van der Waals surface area (Å²) in [6.45, 7) is 2.48. The van der Waals surface area contributed by atoms with Gasteiger partial charge in [-0.2, -0.15) is 0 Å². The Morgan fingerprint density at radius 2 is 1.94 bits per heavy atom. The van der Waals surface area contributed by atoms with Gasteiger partial charge in [0.15, 0.2) is 5.54 Å². The molecule has 1 amide bonds. The van der Waals surface area contributed by atoms with Gasteiger partial charge in [0, 0.05) is 12.6 Å². The van der Waals surface area contributed by atoms with E-state index in [2.05, 4.69) is 4.90 Å². The van der Waals surface area contributed by atoms with Crippen molar-refractivity contribution in [2.45, 2.75) is 37.3 Å². The molecule has 5 heteroatoms. The van der Waals surface area contributed by atoms with Crippen LogP contribution in [0.3, 0.4) is 0 Å². The smallest absolute Gasteiger partial charge is 0.331 e. The molecule has 4 rings (SSSR count). The van der Waals surface area contributed by atoms with Crippen molar-refractivity contribution < 1.29 is 14.7 Å². The van der Waals surface area contributed by atoms with E-state index in [0.717, 1.165) is 45.2 Å². The first-order chi connectivity index (χ1) is 8.18. The molecule has 3 saturated heterocycles. The normalized spacial score (nSPS) is 40.0. The van der Waals surface area contributed by atoms with Crippen molar-refractivity contribution in [1.29, 1.82) is 0 Å². The zero-order valence-electron chi connectivity index (χ0n) is 9.84. The van der Waals surface area contributed by atoms with E-state index < -0.39 is 11.5 Å². The Morgan fingerprint density at radius 1 is 1.29 bits per heavy atom. The molecule has 4 fully saturated rings. The first kappa shape index (κ1) is 11.0. The molecule has 0 aromatic rings. The molecular formula is C12H18N2O3. The Kier molecular flexibility index (Phi) is 2.40. The van der Waals surface area contributed by atoms with Gasteiger partial charge in [0.2, 0.25) is 6.41 Å². The second kappa shape index (κ2) is 3.70. The van der Waals surface area contributed by atoms with Crippen molar-refractivity contribution in [2.24, 2.45) is 5.92 Å². The number of hydrogen-bond donors (Lipinski definition) is 1. The predicted octanol–water partition coefficient (Wildman–Crippen LogP) is 0.156. The van der Waals surface area contributed by atoms with Crippen molar-refractivity contribution in [3.05, 3.63) is 0 Å². The topological polar surface area (TPSA) is 60.9 Å². The maximum absolute atomic E-state index is 11.8. The lowest BCUT2D eigenvalue weighted by Crippen LogP contribution is -2.70. The highest BCUT2D eigenvalue weighted by Gasteiger charge is 2.58. The minimum Gasteiger partial charge on any atom is -0.479 e. The Labute approximate surface area is 100 Å². The van der Waals surface area contributed by atoms with Gasteiger partial charge >= 0.3 is 5.97 Å². The highest BCUT2D eigenvalue weighted by Crippen LogP contribution is 2.43. The van der Waals surface area contributed by atoms with Crippen LogP contribution in [0.25, 0.3) is 0 Å². The van der Waals surface area contributed by atoms with Crippen molar-refractivity contribution in [3.8, 4) is 0 Å². The third-order valence-corrected chi connectivity index (χ3v) is 4.61. The third kappa shape index (κ3) is 1.48. The van der Waals surface area contributed by atoms with Crippen LogP contribution < -0.4 is 0 Å². The molecule has 1 aliphatic carbocycles. The van der Waals surface area contributed by atoms with E-state index >= 15 is 0 Å². The molecule has 1 atom stereocenters. The molecule has 3 aliphatic heterocycles. The summed E-state index contributed by atoms with van der Waals surface area (Å²) in [5, 5.41) is 9.66. The summed E-state index contributed by atoms with van der Waals surface area (Å²) in [6, 6.07) is 0.171. The minimum atomic E-state index is -0.945. The number of fused-ring (bicyclic) bond motifs is 3. The van der Waals surface area contributed by atoms with Crippen LogP contribution in [0.15, 0.2) is 0 Å². The lowest BCUT2D eigenvalue weighted by atomic mass is 9.71. The fraction of sp³-hybridized carbons (Fsp3) is 0.833. The number of nitrogens with zero attached hydrogens (tertiary/aromatic N) is 2. The zero-order chi connectivity index (χ0) is 12.0. The molecule has 3 heterocycles. The van der Waals surface area contributed by atoms with Gasteiger partial charge in [-0.25, -0.2) is 4.79 Å². The van der Waals surface area contributed by atoms with Gasteiger partial charge in [-0.3, -0.25) is 4.79 Å². The van der Waals surface area contributed by atoms with Crippen LogP contribution in [0.2, 0.25) is 0 Å². The van der Waals surface area contributed by atoms with Crippen LogP contribution in [-0.4, -0.2) is 58.5 Å². The summed E-state index contributed by atoms with van der Waals surface area (Å²) >= 11 is 0. The summed E-state index contributed by atoms with van der Waals surface area (Å²) in [5.41, 5.74) is -0.945. The highest BCUT2D eigenvalue weighted by molar-refractivity contribution is 5.83. The Hall–Kier alpha value is -1.10. The average molecular weight is 238 g/mol. The Bertz CT molecular complexity index is 348. The van der Waals surface area contributed by atoms with E-state index in [-0.39, 0.29) is 12.0 Å². The lowest BCUT2D eigenvalue weighted by Gasteiger charge is -2.54. The first-order valence-electron chi connectivity index (χ1n) is 6.38. The molecule has 1 unspecified atom stereocenters. The fourth-order valence-electron chi connectivity index (χ4n) is 3.54. The molecule has 0 aromatic carbocycles. The van der Waals surface area contributed by atoms with E-state index in [1.165, 1.54) is 0 Å². The quantitative estimate of drug-likeness (QED) is 0.709. The lowest BCUT2D eigenvalue weighted by molar-refractivity contribution is -0.171.